The third kappa shape index (κ3) is 7.95. The molecule has 0 aliphatic rings. The quantitative estimate of drug-likeness (QED) is 0.502. The van der Waals surface area contributed by atoms with Gasteiger partial charge in [0.2, 0.25) is 11.8 Å². The summed E-state index contributed by atoms with van der Waals surface area (Å²) < 4.78 is 11.7. The van der Waals surface area contributed by atoms with Crippen LogP contribution in [-0.2, 0) is 0 Å². The van der Waals surface area contributed by atoms with Crippen LogP contribution in [0.5, 0.6) is 11.8 Å². The van der Waals surface area contributed by atoms with Crippen LogP contribution in [0.25, 0.3) is 0 Å². The van der Waals surface area contributed by atoms with E-state index in [1.165, 1.54) is 0 Å². The Morgan fingerprint density at radius 3 is 2.03 bits per heavy atom. The van der Waals surface area contributed by atoms with Crippen molar-refractivity contribution in [3.63, 3.8) is 0 Å². The fourth-order valence-corrected chi connectivity index (χ4v) is 2.73. The lowest BCUT2D eigenvalue weighted by molar-refractivity contribution is 0.158. The second kappa shape index (κ2) is 10.5. The average Bonchev–Trinajstić information content (AvgIpc) is 2.69. The Hall–Kier alpha value is -2.24. The van der Waals surface area contributed by atoms with Crippen LogP contribution in [0.3, 0.4) is 0 Å². The molecule has 6 nitrogen and oxygen atoms in total. The van der Waals surface area contributed by atoms with E-state index in [0.29, 0.717) is 42.7 Å². The summed E-state index contributed by atoms with van der Waals surface area (Å²) >= 11 is 0. The molecule has 0 aliphatic carbocycles. The first-order valence-corrected chi connectivity index (χ1v) is 10.6. The second-order valence-corrected chi connectivity index (χ2v) is 9.32. The molecule has 0 saturated heterocycles. The van der Waals surface area contributed by atoms with Gasteiger partial charge in [-0.3, -0.25) is 9.97 Å². The third-order valence-electron chi connectivity index (χ3n) is 4.79. The van der Waals surface area contributed by atoms with Crippen molar-refractivity contribution < 1.29 is 9.47 Å². The summed E-state index contributed by atoms with van der Waals surface area (Å²) in [5.74, 6) is 2.30. The maximum absolute atomic E-state index is 5.95. The van der Waals surface area contributed by atoms with Crippen molar-refractivity contribution in [1.82, 2.24) is 19.9 Å². The van der Waals surface area contributed by atoms with E-state index in [4.69, 9.17) is 9.47 Å². The molecule has 0 saturated carbocycles. The molecule has 2 aromatic heterocycles. The van der Waals surface area contributed by atoms with E-state index in [2.05, 4.69) is 68.4 Å². The van der Waals surface area contributed by atoms with Crippen molar-refractivity contribution in [3.05, 3.63) is 36.2 Å². The van der Waals surface area contributed by atoms with Crippen LogP contribution in [0.15, 0.2) is 24.8 Å². The van der Waals surface area contributed by atoms with Gasteiger partial charge in [0.1, 0.15) is 0 Å². The summed E-state index contributed by atoms with van der Waals surface area (Å²) in [6, 6.07) is 0. The molecule has 0 radical (unpaired) electrons. The first kappa shape index (κ1) is 23.0. The van der Waals surface area contributed by atoms with Gasteiger partial charge in [-0.25, -0.2) is 9.97 Å². The van der Waals surface area contributed by atoms with E-state index >= 15 is 0 Å². The van der Waals surface area contributed by atoms with E-state index in [-0.39, 0.29) is 5.41 Å². The fourth-order valence-electron chi connectivity index (χ4n) is 2.73. The highest BCUT2D eigenvalue weighted by Crippen LogP contribution is 2.29. The Kier molecular flexibility index (Phi) is 8.35. The lowest BCUT2D eigenvalue weighted by Gasteiger charge is -2.26. The highest BCUT2D eigenvalue weighted by atomic mass is 16.5. The lowest BCUT2D eigenvalue weighted by Crippen LogP contribution is -2.22. The van der Waals surface area contributed by atoms with Crippen LogP contribution in [0, 0.1) is 11.3 Å². The number of ether oxygens (including phenoxy) is 2. The first-order chi connectivity index (χ1) is 13.7. The van der Waals surface area contributed by atoms with Crippen molar-refractivity contribution in [3.8, 4) is 11.8 Å². The molecule has 0 aromatic carbocycles. The number of rotatable bonds is 11. The Morgan fingerprint density at radius 1 is 0.828 bits per heavy atom. The van der Waals surface area contributed by atoms with E-state index < -0.39 is 0 Å². The lowest BCUT2D eigenvalue weighted by atomic mass is 9.85. The minimum atomic E-state index is 0.0168. The molecule has 0 bridgehead atoms. The van der Waals surface area contributed by atoms with Crippen LogP contribution in [0.2, 0.25) is 0 Å². The van der Waals surface area contributed by atoms with Gasteiger partial charge in [0.25, 0.3) is 0 Å². The van der Waals surface area contributed by atoms with Crippen LogP contribution >= 0.6 is 0 Å². The molecule has 2 aromatic rings. The molecule has 1 unspecified atom stereocenters. The van der Waals surface area contributed by atoms with Crippen molar-refractivity contribution in [2.45, 2.75) is 73.1 Å². The van der Waals surface area contributed by atoms with Crippen LogP contribution in [0.4, 0.5) is 0 Å². The van der Waals surface area contributed by atoms with Gasteiger partial charge >= 0.3 is 0 Å². The molecular formula is C23H36N4O2. The Morgan fingerprint density at radius 2 is 1.41 bits per heavy atom. The van der Waals surface area contributed by atoms with Gasteiger partial charge in [-0.05, 0) is 30.1 Å². The zero-order valence-electron chi connectivity index (χ0n) is 19.0. The molecule has 29 heavy (non-hydrogen) atoms. The van der Waals surface area contributed by atoms with Crippen LogP contribution in [-0.4, -0.2) is 33.1 Å². The molecule has 2 heterocycles. The smallest absolute Gasteiger partial charge is 0.232 e. The SMILES string of the molecule is CC(C)COc1cncc(C(C)CCC(C)(C)COc2cncc(C(C)C)n2)n1. The Labute approximate surface area is 175 Å². The fraction of sp³-hybridized carbons (Fsp3) is 0.652. The minimum absolute atomic E-state index is 0.0168. The van der Waals surface area contributed by atoms with Gasteiger partial charge in [0.15, 0.2) is 0 Å². The van der Waals surface area contributed by atoms with Gasteiger partial charge in [-0.15, -0.1) is 0 Å². The molecule has 0 amide bonds. The molecular weight excluding hydrogens is 364 g/mol. The molecule has 0 N–H and O–H groups in total. The van der Waals surface area contributed by atoms with Crippen molar-refractivity contribution in [1.29, 1.82) is 0 Å². The molecule has 160 valence electrons. The monoisotopic (exact) mass is 400 g/mol. The van der Waals surface area contributed by atoms with Gasteiger partial charge in [-0.1, -0.05) is 48.5 Å². The topological polar surface area (TPSA) is 70.0 Å². The normalized spacial score (nSPS) is 13.0. The van der Waals surface area contributed by atoms with E-state index in [1.54, 1.807) is 18.6 Å². The Balaban J connectivity index is 1.87. The Bertz CT molecular complexity index is 762. The van der Waals surface area contributed by atoms with Crippen molar-refractivity contribution in [2.24, 2.45) is 11.3 Å². The molecule has 6 heteroatoms. The zero-order valence-corrected chi connectivity index (χ0v) is 19.0. The van der Waals surface area contributed by atoms with Gasteiger partial charge in [-0.2, -0.15) is 0 Å². The van der Waals surface area contributed by atoms with Crippen LogP contribution < -0.4 is 9.47 Å². The second-order valence-electron chi connectivity index (χ2n) is 9.32. The highest BCUT2D eigenvalue weighted by Gasteiger charge is 2.22. The predicted octanol–water partition coefficient (Wildman–Crippen LogP) is 5.41. The summed E-state index contributed by atoms with van der Waals surface area (Å²) in [5.41, 5.74) is 1.94. The average molecular weight is 401 g/mol. The summed E-state index contributed by atoms with van der Waals surface area (Å²) in [6.07, 6.45) is 9.00. The van der Waals surface area contributed by atoms with Crippen molar-refractivity contribution in [2.75, 3.05) is 13.2 Å². The first-order valence-electron chi connectivity index (χ1n) is 10.6. The number of hydrogen-bond donors (Lipinski definition) is 0. The summed E-state index contributed by atoms with van der Waals surface area (Å²) in [6.45, 7) is 16.3. The van der Waals surface area contributed by atoms with E-state index in [9.17, 15) is 0 Å². The summed E-state index contributed by atoms with van der Waals surface area (Å²) in [7, 11) is 0. The summed E-state index contributed by atoms with van der Waals surface area (Å²) in [5, 5.41) is 0. The molecule has 0 spiro atoms. The van der Waals surface area contributed by atoms with E-state index in [0.717, 1.165) is 24.2 Å². The third-order valence-corrected chi connectivity index (χ3v) is 4.79. The molecule has 1 atom stereocenters. The largest absolute Gasteiger partial charge is 0.476 e. The highest BCUT2D eigenvalue weighted by molar-refractivity contribution is 5.12. The van der Waals surface area contributed by atoms with Crippen molar-refractivity contribution >= 4 is 0 Å². The minimum Gasteiger partial charge on any atom is -0.476 e. The number of hydrogen-bond acceptors (Lipinski definition) is 6. The van der Waals surface area contributed by atoms with Gasteiger partial charge < -0.3 is 9.47 Å². The van der Waals surface area contributed by atoms with Gasteiger partial charge in [0.05, 0.1) is 37.0 Å². The number of aromatic nitrogens is 4. The maximum atomic E-state index is 5.95. The molecule has 0 fully saturated rings. The number of nitrogens with zero attached hydrogens (tertiary/aromatic N) is 4. The molecule has 2 rings (SSSR count). The zero-order chi connectivity index (χ0) is 21.4. The summed E-state index contributed by atoms with van der Waals surface area (Å²) in [4.78, 5) is 17.7. The van der Waals surface area contributed by atoms with Crippen LogP contribution in [0.1, 0.15) is 84.5 Å². The maximum Gasteiger partial charge on any atom is 0.232 e. The van der Waals surface area contributed by atoms with Gasteiger partial charge in [0, 0.05) is 18.3 Å². The standard InChI is InChI=1S/C23H36N4O2/c1-16(2)14-28-21-12-25-11-20(27-21)18(5)8-9-23(6,7)15-29-22-13-24-10-19(26-22)17(3)4/h10-13,16-18H,8-9,14-15H2,1-7H3. The van der Waals surface area contributed by atoms with E-state index in [1.807, 2.05) is 6.20 Å². The predicted molar refractivity (Wildman–Crippen MR) is 115 cm³/mol. The molecule has 0 aliphatic heterocycles.